The first-order valence-electron chi connectivity index (χ1n) is 8.62. The summed E-state index contributed by atoms with van der Waals surface area (Å²) in [5.74, 6) is -2.30. The minimum atomic E-state index is -1.18. The lowest BCUT2D eigenvalue weighted by atomic mass is 10.00. The largest absolute Gasteiger partial charge is 0.354 e. The Kier molecular flexibility index (Phi) is 4.64. The third kappa shape index (κ3) is 3.27. The summed E-state index contributed by atoms with van der Waals surface area (Å²) in [6.45, 7) is 1.12. The van der Waals surface area contributed by atoms with Gasteiger partial charge in [0.15, 0.2) is 11.6 Å². The summed E-state index contributed by atoms with van der Waals surface area (Å²) in [7, 11) is 0. The molecule has 0 bridgehead atoms. The highest BCUT2D eigenvalue weighted by Crippen LogP contribution is 2.33. The van der Waals surface area contributed by atoms with Crippen LogP contribution < -0.4 is 16.0 Å². The van der Waals surface area contributed by atoms with Gasteiger partial charge in [-0.1, -0.05) is 17.7 Å². The van der Waals surface area contributed by atoms with Crippen LogP contribution in [0.15, 0.2) is 30.7 Å². The normalized spacial score (nSPS) is 19.4. The molecule has 3 aromatic rings. The number of amides is 1. The number of nitrogens with one attached hydrogen (secondary N) is 2. The molecule has 146 valence electrons. The average molecular weight is 407 g/mol. The molecule has 4 N–H and O–H groups in total. The van der Waals surface area contributed by atoms with E-state index in [1.165, 1.54) is 18.5 Å². The van der Waals surface area contributed by atoms with E-state index in [4.69, 9.17) is 17.3 Å². The van der Waals surface area contributed by atoms with Crippen LogP contribution in [0.5, 0.6) is 0 Å². The van der Waals surface area contributed by atoms with E-state index in [0.29, 0.717) is 41.4 Å². The van der Waals surface area contributed by atoms with Gasteiger partial charge in [-0.05, 0) is 18.6 Å². The highest BCUT2D eigenvalue weighted by Gasteiger charge is 2.36. The molecule has 0 spiro atoms. The van der Waals surface area contributed by atoms with Gasteiger partial charge in [-0.15, -0.1) is 0 Å². The molecule has 1 aliphatic heterocycles. The van der Waals surface area contributed by atoms with Crippen molar-refractivity contribution in [2.45, 2.75) is 12.0 Å². The molecule has 10 heteroatoms. The van der Waals surface area contributed by atoms with E-state index in [0.717, 1.165) is 6.07 Å². The van der Waals surface area contributed by atoms with Crippen molar-refractivity contribution < 1.29 is 13.6 Å². The molecule has 0 aliphatic carbocycles. The Hall–Kier alpha value is -2.78. The highest BCUT2D eigenvalue weighted by atomic mass is 35.5. The van der Waals surface area contributed by atoms with Gasteiger partial charge in [-0.25, -0.2) is 18.7 Å². The maximum absolute atomic E-state index is 13.8. The first-order valence-corrected chi connectivity index (χ1v) is 8.99. The van der Waals surface area contributed by atoms with Crippen LogP contribution in [0.1, 0.15) is 16.8 Å². The van der Waals surface area contributed by atoms with E-state index in [1.807, 2.05) is 4.90 Å². The van der Waals surface area contributed by atoms with Gasteiger partial charge in [0.05, 0.1) is 21.5 Å². The molecule has 4 rings (SSSR count). The minimum absolute atomic E-state index is 0.105. The summed E-state index contributed by atoms with van der Waals surface area (Å²) in [4.78, 5) is 25.6. The van der Waals surface area contributed by atoms with Crippen LogP contribution in [0.25, 0.3) is 11.0 Å². The topological polar surface area (TPSA) is 99.9 Å². The third-order valence-electron chi connectivity index (χ3n) is 4.88. The zero-order valence-corrected chi connectivity index (χ0v) is 15.4. The second-order valence-electron chi connectivity index (χ2n) is 6.88. The lowest BCUT2D eigenvalue weighted by molar-refractivity contribution is 0.0940. The maximum Gasteiger partial charge on any atom is 0.254 e. The second-order valence-corrected chi connectivity index (χ2v) is 7.28. The van der Waals surface area contributed by atoms with Gasteiger partial charge in [0.2, 0.25) is 0 Å². The Morgan fingerprint density at radius 1 is 1.39 bits per heavy atom. The molecular weight excluding hydrogens is 390 g/mol. The molecule has 1 aliphatic rings. The maximum atomic E-state index is 13.8. The molecule has 1 saturated heterocycles. The second kappa shape index (κ2) is 6.99. The number of anilines is 1. The molecule has 2 aromatic heterocycles. The van der Waals surface area contributed by atoms with E-state index in [1.54, 1.807) is 6.20 Å². The van der Waals surface area contributed by atoms with E-state index in [2.05, 4.69) is 20.3 Å². The molecule has 1 amide bonds. The zero-order chi connectivity index (χ0) is 19.9. The molecule has 0 unspecified atom stereocenters. The number of fused-ring (bicyclic) bond motifs is 1. The average Bonchev–Trinajstić information content (AvgIpc) is 3.26. The smallest absolute Gasteiger partial charge is 0.254 e. The van der Waals surface area contributed by atoms with Crippen molar-refractivity contribution in [3.8, 4) is 0 Å². The standard InChI is InChI=1S/C18H17ClF2N6O/c19-11-6-23-15-13(11)16(26-9-25-15)27-5-4-18(22,8-27)7-24-17(28)10-2-1-3-12(20)14(10)21/h1-3,6,9H,4-5,7-8,22H2,(H,24,28)(H,23,25,26)/t18-/m0/s1. The van der Waals surface area contributed by atoms with Crippen molar-refractivity contribution in [3.05, 3.63) is 52.9 Å². The van der Waals surface area contributed by atoms with Gasteiger partial charge in [0.1, 0.15) is 17.8 Å². The number of carbonyl (C=O) groups excluding carboxylic acids is 1. The number of rotatable bonds is 4. The molecule has 1 fully saturated rings. The number of nitrogens with two attached hydrogens (primary N) is 1. The van der Waals surface area contributed by atoms with Gasteiger partial charge < -0.3 is 20.9 Å². The van der Waals surface area contributed by atoms with Crippen molar-refractivity contribution in [3.63, 3.8) is 0 Å². The fourth-order valence-electron chi connectivity index (χ4n) is 3.40. The van der Waals surface area contributed by atoms with Gasteiger partial charge in [0, 0.05) is 25.8 Å². The van der Waals surface area contributed by atoms with Crippen LogP contribution in [0.4, 0.5) is 14.6 Å². The predicted octanol–water partition coefficient (Wildman–Crippen LogP) is 2.23. The predicted molar refractivity (Wildman–Crippen MR) is 101 cm³/mol. The summed E-state index contributed by atoms with van der Waals surface area (Å²) in [5.41, 5.74) is 5.95. The first-order chi connectivity index (χ1) is 13.4. The first kappa shape index (κ1) is 18.6. The Morgan fingerprint density at radius 3 is 3.04 bits per heavy atom. The van der Waals surface area contributed by atoms with Crippen LogP contribution >= 0.6 is 11.6 Å². The summed E-state index contributed by atoms with van der Waals surface area (Å²) < 4.78 is 27.1. The molecule has 1 aromatic carbocycles. The van der Waals surface area contributed by atoms with Gasteiger partial charge >= 0.3 is 0 Å². The Morgan fingerprint density at radius 2 is 2.21 bits per heavy atom. The van der Waals surface area contributed by atoms with Crippen molar-refractivity contribution in [1.29, 1.82) is 0 Å². The Bertz CT molecular complexity index is 1060. The number of benzene rings is 1. The summed E-state index contributed by atoms with van der Waals surface area (Å²) >= 11 is 6.23. The number of aromatic nitrogens is 3. The van der Waals surface area contributed by atoms with Crippen LogP contribution in [-0.2, 0) is 0 Å². The fraction of sp³-hybridized carbons (Fsp3) is 0.278. The quantitative estimate of drug-likeness (QED) is 0.617. The number of nitrogens with zero attached hydrogens (tertiary/aromatic N) is 3. The summed E-state index contributed by atoms with van der Waals surface area (Å²) in [5, 5.41) is 3.82. The summed E-state index contributed by atoms with van der Waals surface area (Å²) in [6, 6.07) is 3.47. The molecule has 28 heavy (non-hydrogen) atoms. The monoisotopic (exact) mass is 406 g/mol. The number of hydrogen-bond donors (Lipinski definition) is 3. The van der Waals surface area contributed by atoms with E-state index in [-0.39, 0.29) is 12.1 Å². The number of carbonyl (C=O) groups is 1. The Labute approximate surface area is 163 Å². The molecule has 0 saturated carbocycles. The van der Waals surface area contributed by atoms with Gasteiger partial charge in [-0.3, -0.25) is 4.79 Å². The molecule has 7 nitrogen and oxygen atoms in total. The lowest BCUT2D eigenvalue weighted by Crippen LogP contribution is -2.52. The van der Waals surface area contributed by atoms with Crippen LogP contribution in [0.2, 0.25) is 5.02 Å². The van der Waals surface area contributed by atoms with E-state index in [9.17, 15) is 13.6 Å². The highest BCUT2D eigenvalue weighted by molar-refractivity contribution is 6.36. The van der Waals surface area contributed by atoms with Gasteiger partial charge in [0.25, 0.3) is 5.91 Å². The van der Waals surface area contributed by atoms with E-state index >= 15 is 0 Å². The van der Waals surface area contributed by atoms with Gasteiger partial charge in [-0.2, -0.15) is 0 Å². The van der Waals surface area contributed by atoms with Crippen molar-refractivity contribution in [2.24, 2.45) is 5.73 Å². The number of H-pyrrole nitrogens is 1. The SMILES string of the molecule is N[C@]1(CNC(=O)c2cccc(F)c2F)CCN(c2ncnc3[nH]cc(Cl)c23)C1. The number of hydrogen-bond acceptors (Lipinski definition) is 5. The van der Waals surface area contributed by atoms with Crippen LogP contribution in [0.3, 0.4) is 0 Å². The summed E-state index contributed by atoms with van der Waals surface area (Å²) in [6.07, 6.45) is 3.66. The molecule has 1 atom stereocenters. The van der Waals surface area contributed by atoms with Crippen LogP contribution in [-0.4, -0.2) is 46.0 Å². The van der Waals surface area contributed by atoms with Crippen molar-refractivity contribution >= 4 is 34.4 Å². The fourth-order valence-corrected chi connectivity index (χ4v) is 3.63. The minimum Gasteiger partial charge on any atom is -0.354 e. The molecule has 3 heterocycles. The molecular formula is C18H17ClF2N6O. The number of halogens is 3. The number of aromatic amines is 1. The van der Waals surface area contributed by atoms with Crippen molar-refractivity contribution in [2.75, 3.05) is 24.5 Å². The van der Waals surface area contributed by atoms with Crippen LogP contribution in [0, 0.1) is 11.6 Å². The van der Waals surface area contributed by atoms with E-state index < -0.39 is 23.1 Å². The zero-order valence-electron chi connectivity index (χ0n) is 14.7. The van der Waals surface area contributed by atoms with Crippen molar-refractivity contribution in [1.82, 2.24) is 20.3 Å². The molecule has 0 radical (unpaired) electrons. The third-order valence-corrected chi connectivity index (χ3v) is 5.18. The lowest BCUT2D eigenvalue weighted by Gasteiger charge is -2.25. The Balaban J connectivity index is 1.47.